The normalized spacial score (nSPS) is 22.2. The summed E-state index contributed by atoms with van der Waals surface area (Å²) < 4.78 is 5.50. The van der Waals surface area contributed by atoms with Crippen molar-refractivity contribution in [2.24, 2.45) is 0 Å². The van der Waals surface area contributed by atoms with Gasteiger partial charge in [0.15, 0.2) is 0 Å². The highest BCUT2D eigenvalue weighted by Crippen LogP contribution is 2.21. The zero-order chi connectivity index (χ0) is 11.5. The van der Waals surface area contributed by atoms with Crippen LogP contribution in [-0.2, 0) is 11.3 Å². The second-order valence-electron chi connectivity index (χ2n) is 4.27. The van der Waals surface area contributed by atoms with Gasteiger partial charge in [-0.15, -0.1) is 0 Å². The Morgan fingerprint density at radius 3 is 3.06 bits per heavy atom. The van der Waals surface area contributed by atoms with Crippen molar-refractivity contribution < 1.29 is 4.74 Å². The van der Waals surface area contributed by atoms with Gasteiger partial charge in [0.05, 0.1) is 23.4 Å². The topological polar surface area (TPSA) is 38.5 Å². The third-order valence-electron chi connectivity index (χ3n) is 2.80. The van der Waals surface area contributed by atoms with Crippen LogP contribution < -0.4 is 5.73 Å². The number of nitrogens with zero attached hydrogens (tertiary/aromatic N) is 1. The monoisotopic (exact) mass is 240 g/mol. The van der Waals surface area contributed by atoms with Crippen LogP contribution in [0.25, 0.3) is 0 Å². The van der Waals surface area contributed by atoms with Gasteiger partial charge in [0.25, 0.3) is 0 Å². The van der Waals surface area contributed by atoms with Crippen LogP contribution in [0.3, 0.4) is 0 Å². The van der Waals surface area contributed by atoms with Gasteiger partial charge in [-0.2, -0.15) is 0 Å². The van der Waals surface area contributed by atoms with Crippen LogP contribution in [0.4, 0.5) is 5.69 Å². The van der Waals surface area contributed by atoms with Crippen LogP contribution in [0.5, 0.6) is 0 Å². The van der Waals surface area contributed by atoms with Crippen molar-refractivity contribution in [1.29, 1.82) is 0 Å². The van der Waals surface area contributed by atoms with E-state index in [4.69, 9.17) is 22.1 Å². The minimum Gasteiger partial charge on any atom is -0.398 e. The largest absolute Gasteiger partial charge is 0.398 e. The maximum atomic E-state index is 5.99. The Hall–Kier alpha value is -0.770. The standard InChI is InChI=1S/C12H17ClN2O/c1-9-7-15(4-5-16-9)8-10-2-3-12(14)11(13)6-10/h2-3,6,9H,4-5,7-8,14H2,1H3. The van der Waals surface area contributed by atoms with Gasteiger partial charge >= 0.3 is 0 Å². The summed E-state index contributed by atoms with van der Waals surface area (Å²) in [6, 6.07) is 5.83. The third kappa shape index (κ3) is 2.88. The Balaban J connectivity index is 2.00. The lowest BCUT2D eigenvalue weighted by atomic mass is 10.2. The Labute approximate surface area is 101 Å². The minimum absolute atomic E-state index is 0.318. The van der Waals surface area contributed by atoms with Crippen molar-refractivity contribution in [1.82, 2.24) is 4.90 Å². The van der Waals surface area contributed by atoms with E-state index in [0.717, 1.165) is 26.2 Å². The molecule has 0 aliphatic carbocycles. The molecule has 1 unspecified atom stereocenters. The molecular weight excluding hydrogens is 224 g/mol. The summed E-state index contributed by atoms with van der Waals surface area (Å²) in [5.74, 6) is 0. The molecule has 4 heteroatoms. The fourth-order valence-electron chi connectivity index (χ4n) is 1.96. The highest BCUT2D eigenvalue weighted by Gasteiger charge is 2.16. The quantitative estimate of drug-likeness (QED) is 0.805. The Morgan fingerprint density at radius 2 is 2.38 bits per heavy atom. The molecule has 2 N–H and O–H groups in total. The van der Waals surface area contributed by atoms with E-state index < -0.39 is 0 Å². The first-order valence-corrected chi connectivity index (χ1v) is 5.91. The van der Waals surface area contributed by atoms with Crippen LogP contribution in [-0.4, -0.2) is 30.7 Å². The smallest absolute Gasteiger partial charge is 0.0674 e. The maximum absolute atomic E-state index is 5.99. The van der Waals surface area contributed by atoms with Gasteiger partial charge in [0.1, 0.15) is 0 Å². The second-order valence-corrected chi connectivity index (χ2v) is 4.68. The van der Waals surface area contributed by atoms with Crippen LogP contribution in [0.15, 0.2) is 18.2 Å². The second kappa shape index (κ2) is 5.04. The molecule has 0 radical (unpaired) electrons. The average Bonchev–Trinajstić information content (AvgIpc) is 2.24. The highest BCUT2D eigenvalue weighted by atomic mass is 35.5. The van der Waals surface area contributed by atoms with E-state index >= 15 is 0 Å². The van der Waals surface area contributed by atoms with Crippen molar-refractivity contribution in [2.45, 2.75) is 19.6 Å². The van der Waals surface area contributed by atoms with Crippen LogP contribution in [0.1, 0.15) is 12.5 Å². The number of halogens is 1. The van der Waals surface area contributed by atoms with E-state index in [-0.39, 0.29) is 0 Å². The molecule has 1 aromatic carbocycles. The van der Waals surface area contributed by atoms with Gasteiger partial charge < -0.3 is 10.5 Å². The van der Waals surface area contributed by atoms with Crippen molar-refractivity contribution in [3.63, 3.8) is 0 Å². The molecular formula is C12H17ClN2O. The predicted molar refractivity (Wildman–Crippen MR) is 66.6 cm³/mol. The minimum atomic E-state index is 0.318. The number of anilines is 1. The van der Waals surface area contributed by atoms with Gasteiger partial charge in [-0.3, -0.25) is 4.90 Å². The first-order valence-electron chi connectivity index (χ1n) is 5.53. The summed E-state index contributed by atoms with van der Waals surface area (Å²) in [7, 11) is 0. The molecule has 0 amide bonds. The van der Waals surface area contributed by atoms with Gasteiger partial charge in [0, 0.05) is 19.6 Å². The van der Waals surface area contributed by atoms with Crippen molar-refractivity contribution in [3.05, 3.63) is 28.8 Å². The average molecular weight is 241 g/mol. The lowest BCUT2D eigenvalue weighted by molar-refractivity contribution is -0.0212. The summed E-state index contributed by atoms with van der Waals surface area (Å²) >= 11 is 5.99. The zero-order valence-corrected chi connectivity index (χ0v) is 10.2. The Morgan fingerprint density at radius 1 is 1.56 bits per heavy atom. The molecule has 1 saturated heterocycles. The van der Waals surface area contributed by atoms with E-state index in [2.05, 4.69) is 11.8 Å². The van der Waals surface area contributed by atoms with E-state index in [0.29, 0.717) is 16.8 Å². The van der Waals surface area contributed by atoms with Crippen LogP contribution in [0, 0.1) is 0 Å². The van der Waals surface area contributed by atoms with Gasteiger partial charge in [-0.05, 0) is 24.6 Å². The molecule has 16 heavy (non-hydrogen) atoms. The first kappa shape index (κ1) is 11.7. The number of nitrogens with two attached hydrogens (primary N) is 1. The zero-order valence-electron chi connectivity index (χ0n) is 9.45. The Bertz CT molecular complexity index is 370. The number of morpholine rings is 1. The molecule has 0 aromatic heterocycles. The molecule has 1 aromatic rings. The third-order valence-corrected chi connectivity index (χ3v) is 3.12. The predicted octanol–water partition coefficient (Wildman–Crippen LogP) is 2.14. The number of rotatable bonds is 2. The van der Waals surface area contributed by atoms with Crippen molar-refractivity contribution in [2.75, 3.05) is 25.4 Å². The van der Waals surface area contributed by atoms with Gasteiger partial charge in [0.2, 0.25) is 0 Å². The molecule has 0 spiro atoms. The van der Waals surface area contributed by atoms with E-state index in [1.165, 1.54) is 5.56 Å². The number of hydrogen-bond acceptors (Lipinski definition) is 3. The number of nitrogen functional groups attached to an aromatic ring is 1. The van der Waals surface area contributed by atoms with Gasteiger partial charge in [-0.1, -0.05) is 17.7 Å². The SMILES string of the molecule is CC1CN(Cc2ccc(N)c(Cl)c2)CCO1. The lowest BCUT2D eigenvalue weighted by Gasteiger charge is -2.31. The number of hydrogen-bond donors (Lipinski definition) is 1. The maximum Gasteiger partial charge on any atom is 0.0674 e. The molecule has 0 bridgehead atoms. The van der Waals surface area contributed by atoms with E-state index in [1.807, 2.05) is 18.2 Å². The highest BCUT2D eigenvalue weighted by molar-refractivity contribution is 6.33. The summed E-state index contributed by atoms with van der Waals surface area (Å²) in [5, 5.41) is 0.638. The summed E-state index contributed by atoms with van der Waals surface area (Å²) in [6.07, 6.45) is 0.318. The molecule has 1 aliphatic rings. The van der Waals surface area contributed by atoms with Crippen molar-refractivity contribution >= 4 is 17.3 Å². The molecule has 0 saturated carbocycles. The molecule has 1 atom stereocenters. The van der Waals surface area contributed by atoms with Crippen LogP contribution >= 0.6 is 11.6 Å². The number of benzene rings is 1. The van der Waals surface area contributed by atoms with Crippen molar-refractivity contribution in [3.8, 4) is 0 Å². The first-order chi connectivity index (χ1) is 7.65. The molecule has 1 aliphatic heterocycles. The fourth-order valence-corrected chi connectivity index (χ4v) is 2.16. The summed E-state index contributed by atoms with van der Waals surface area (Å²) in [6.45, 7) is 5.77. The lowest BCUT2D eigenvalue weighted by Crippen LogP contribution is -2.40. The van der Waals surface area contributed by atoms with Gasteiger partial charge in [-0.25, -0.2) is 0 Å². The van der Waals surface area contributed by atoms with Crippen LogP contribution in [0.2, 0.25) is 5.02 Å². The number of ether oxygens (including phenoxy) is 1. The van der Waals surface area contributed by atoms with E-state index in [9.17, 15) is 0 Å². The molecule has 2 rings (SSSR count). The molecule has 88 valence electrons. The Kier molecular flexibility index (Phi) is 3.69. The summed E-state index contributed by atoms with van der Waals surface area (Å²) in [5.41, 5.74) is 7.52. The fraction of sp³-hybridized carbons (Fsp3) is 0.500. The molecule has 1 fully saturated rings. The molecule has 1 heterocycles. The van der Waals surface area contributed by atoms with E-state index in [1.54, 1.807) is 0 Å². The molecule has 3 nitrogen and oxygen atoms in total. The summed E-state index contributed by atoms with van der Waals surface area (Å²) in [4.78, 5) is 2.37.